The molecule has 0 saturated heterocycles. The summed E-state index contributed by atoms with van der Waals surface area (Å²) < 4.78 is 13.3. The number of thioether (sulfide) groups is 1. The molecule has 0 fully saturated rings. The maximum Gasteiger partial charge on any atom is 0.282 e. The van der Waals surface area contributed by atoms with Crippen molar-refractivity contribution in [1.29, 1.82) is 0 Å². The second-order valence-corrected chi connectivity index (χ2v) is 5.26. The Balaban J connectivity index is 3.13. The number of hydrogen-bond acceptors (Lipinski definition) is 4. The van der Waals surface area contributed by atoms with Crippen LogP contribution < -0.4 is 0 Å². The molecule has 0 aliphatic heterocycles. The molecule has 110 valence electrons. The number of carbonyl (C=O) groups excluding carboxylic acids is 1. The van der Waals surface area contributed by atoms with Crippen LogP contribution >= 0.6 is 11.8 Å². The molecule has 1 aromatic rings. The van der Waals surface area contributed by atoms with Gasteiger partial charge >= 0.3 is 0 Å². The van der Waals surface area contributed by atoms with E-state index in [0.717, 1.165) is 30.4 Å². The molecule has 1 amide bonds. The summed E-state index contributed by atoms with van der Waals surface area (Å²) in [5, 5.41) is 10.9. The van der Waals surface area contributed by atoms with Crippen LogP contribution in [0.2, 0.25) is 0 Å². The number of benzene rings is 1. The van der Waals surface area contributed by atoms with Crippen molar-refractivity contribution < 1.29 is 14.1 Å². The Bertz CT molecular complexity index is 510. The molecule has 0 spiro atoms. The third kappa shape index (κ3) is 3.69. The van der Waals surface area contributed by atoms with Crippen LogP contribution in [-0.4, -0.2) is 40.8 Å². The van der Waals surface area contributed by atoms with E-state index in [1.54, 1.807) is 18.8 Å². The minimum atomic E-state index is -0.671. The highest BCUT2D eigenvalue weighted by molar-refractivity contribution is 7.98. The summed E-state index contributed by atoms with van der Waals surface area (Å²) in [5.41, 5.74) is -0.584. The number of amides is 1. The summed E-state index contributed by atoms with van der Waals surface area (Å²) in [6.07, 6.45) is 2.65. The van der Waals surface area contributed by atoms with Gasteiger partial charge in [0.25, 0.3) is 11.6 Å². The number of nitrogens with zero attached hydrogens (tertiary/aromatic N) is 2. The average Bonchev–Trinajstić information content (AvgIpc) is 2.42. The number of carbonyl (C=O) groups is 1. The van der Waals surface area contributed by atoms with E-state index in [9.17, 15) is 19.3 Å². The van der Waals surface area contributed by atoms with Crippen LogP contribution in [0.1, 0.15) is 23.7 Å². The van der Waals surface area contributed by atoms with E-state index in [1.165, 1.54) is 4.90 Å². The van der Waals surface area contributed by atoms with Crippen LogP contribution in [0.4, 0.5) is 10.1 Å². The number of hydrogen-bond donors (Lipinski definition) is 0. The first-order chi connectivity index (χ1) is 9.42. The van der Waals surface area contributed by atoms with Gasteiger partial charge in [0.05, 0.1) is 4.92 Å². The van der Waals surface area contributed by atoms with Crippen LogP contribution in [0.15, 0.2) is 18.2 Å². The van der Waals surface area contributed by atoms with Crippen LogP contribution in [-0.2, 0) is 0 Å². The zero-order chi connectivity index (χ0) is 15.3. The van der Waals surface area contributed by atoms with Gasteiger partial charge in [-0.05, 0) is 24.8 Å². The fourth-order valence-corrected chi connectivity index (χ4v) is 2.73. The maximum absolute atomic E-state index is 13.3. The van der Waals surface area contributed by atoms with Crippen molar-refractivity contribution in [1.82, 2.24) is 4.90 Å². The molecule has 0 heterocycles. The minimum absolute atomic E-state index is 0.0413. The lowest BCUT2D eigenvalue weighted by Gasteiger charge is -2.26. The van der Waals surface area contributed by atoms with Gasteiger partial charge < -0.3 is 4.90 Å². The van der Waals surface area contributed by atoms with E-state index in [0.29, 0.717) is 0 Å². The molecule has 1 atom stereocenters. The Morgan fingerprint density at radius 2 is 2.20 bits per heavy atom. The zero-order valence-corrected chi connectivity index (χ0v) is 12.4. The van der Waals surface area contributed by atoms with Gasteiger partial charge in [0.2, 0.25) is 0 Å². The van der Waals surface area contributed by atoms with E-state index in [4.69, 9.17) is 0 Å². The molecular weight excluding hydrogens is 283 g/mol. The third-order valence-corrected chi connectivity index (χ3v) is 3.80. The van der Waals surface area contributed by atoms with Crippen molar-refractivity contribution in [3.8, 4) is 0 Å². The normalized spacial score (nSPS) is 12.0. The molecule has 0 saturated carbocycles. The second kappa shape index (κ2) is 7.23. The molecule has 1 rings (SSSR count). The molecule has 0 aromatic heterocycles. The van der Waals surface area contributed by atoms with Gasteiger partial charge in [-0.3, -0.25) is 14.9 Å². The largest absolute Gasteiger partial charge is 0.338 e. The maximum atomic E-state index is 13.3. The van der Waals surface area contributed by atoms with Gasteiger partial charge in [0, 0.05) is 24.9 Å². The van der Waals surface area contributed by atoms with E-state index in [1.807, 2.05) is 13.2 Å². The predicted molar refractivity (Wildman–Crippen MR) is 77.6 cm³/mol. The number of rotatable bonds is 6. The quantitative estimate of drug-likeness (QED) is 0.598. The molecule has 1 unspecified atom stereocenters. The lowest BCUT2D eigenvalue weighted by Crippen LogP contribution is -2.38. The van der Waals surface area contributed by atoms with Crippen molar-refractivity contribution in [2.75, 3.05) is 19.1 Å². The first kappa shape index (κ1) is 16.4. The van der Waals surface area contributed by atoms with Crippen molar-refractivity contribution in [3.05, 3.63) is 39.7 Å². The smallest absolute Gasteiger partial charge is 0.282 e. The van der Waals surface area contributed by atoms with Gasteiger partial charge in [0.1, 0.15) is 11.4 Å². The third-order valence-electron chi connectivity index (χ3n) is 3.08. The molecule has 0 aliphatic rings. The van der Waals surface area contributed by atoms with Crippen LogP contribution in [0.5, 0.6) is 0 Å². The molecule has 0 radical (unpaired) electrons. The Morgan fingerprint density at radius 3 is 2.70 bits per heavy atom. The summed E-state index contributed by atoms with van der Waals surface area (Å²) >= 11 is 1.59. The zero-order valence-electron chi connectivity index (χ0n) is 11.6. The van der Waals surface area contributed by atoms with Gasteiger partial charge in [-0.1, -0.05) is 6.92 Å². The van der Waals surface area contributed by atoms with Crippen LogP contribution in [0.25, 0.3) is 0 Å². The fraction of sp³-hybridized carbons (Fsp3) is 0.462. The molecule has 20 heavy (non-hydrogen) atoms. The highest BCUT2D eigenvalue weighted by atomic mass is 32.2. The van der Waals surface area contributed by atoms with Gasteiger partial charge in [-0.15, -0.1) is 0 Å². The monoisotopic (exact) mass is 300 g/mol. The first-order valence-corrected chi connectivity index (χ1v) is 7.51. The topological polar surface area (TPSA) is 63.5 Å². The van der Waals surface area contributed by atoms with Crippen molar-refractivity contribution in [3.63, 3.8) is 0 Å². The van der Waals surface area contributed by atoms with E-state index < -0.39 is 16.6 Å². The number of halogens is 1. The lowest BCUT2D eigenvalue weighted by molar-refractivity contribution is -0.385. The van der Waals surface area contributed by atoms with Crippen molar-refractivity contribution in [2.45, 2.75) is 19.4 Å². The molecule has 1 aromatic carbocycles. The second-order valence-electron chi connectivity index (χ2n) is 4.35. The Morgan fingerprint density at radius 1 is 1.55 bits per heavy atom. The molecule has 0 aliphatic carbocycles. The van der Waals surface area contributed by atoms with Gasteiger partial charge in [-0.2, -0.15) is 11.8 Å². The molecule has 5 nitrogen and oxygen atoms in total. The summed E-state index contributed by atoms with van der Waals surface area (Å²) in [4.78, 5) is 24.0. The first-order valence-electron chi connectivity index (χ1n) is 6.12. The van der Waals surface area contributed by atoms with Crippen LogP contribution in [0, 0.1) is 15.9 Å². The number of nitro groups is 1. The van der Waals surface area contributed by atoms with E-state index >= 15 is 0 Å². The summed E-state index contributed by atoms with van der Waals surface area (Å²) in [5.74, 6) is -0.468. The summed E-state index contributed by atoms with van der Waals surface area (Å²) in [6, 6.07) is 2.88. The fourth-order valence-electron chi connectivity index (χ4n) is 1.89. The summed E-state index contributed by atoms with van der Waals surface area (Å²) in [7, 11) is 1.58. The highest BCUT2D eigenvalue weighted by Gasteiger charge is 2.26. The molecule has 0 bridgehead atoms. The molecular formula is C13H17FN2O3S. The van der Waals surface area contributed by atoms with E-state index in [-0.39, 0.29) is 17.3 Å². The minimum Gasteiger partial charge on any atom is -0.338 e. The molecule has 7 heteroatoms. The van der Waals surface area contributed by atoms with Gasteiger partial charge in [0.15, 0.2) is 0 Å². The SMILES string of the molecule is CCC(CSC)N(C)C(=O)c1cc(F)ccc1[N+](=O)[O-]. The Kier molecular flexibility index (Phi) is 5.94. The molecule has 0 N–H and O–H groups in total. The van der Waals surface area contributed by atoms with E-state index in [2.05, 4.69) is 0 Å². The average molecular weight is 300 g/mol. The van der Waals surface area contributed by atoms with Crippen molar-refractivity contribution >= 4 is 23.4 Å². The van der Waals surface area contributed by atoms with Crippen LogP contribution in [0.3, 0.4) is 0 Å². The Hall–Kier alpha value is -1.63. The van der Waals surface area contributed by atoms with Gasteiger partial charge in [-0.25, -0.2) is 4.39 Å². The Labute approximate surface area is 121 Å². The summed E-state index contributed by atoms with van der Waals surface area (Å²) in [6.45, 7) is 1.94. The van der Waals surface area contributed by atoms with Crippen molar-refractivity contribution in [2.24, 2.45) is 0 Å². The predicted octanol–water partition coefficient (Wildman–Crippen LogP) is 2.95. The highest BCUT2D eigenvalue weighted by Crippen LogP contribution is 2.22. The number of nitro benzene ring substituents is 1. The lowest BCUT2D eigenvalue weighted by atomic mass is 10.1. The standard InChI is InChI=1S/C13H17FN2O3S/c1-4-10(8-20-3)15(2)13(17)11-7-9(14)5-6-12(11)16(18)19/h5-7,10H,4,8H2,1-3H3.